The number of methoxy groups -OCH3 is 1. The van der Waals surface area contributed by atoms with Crippen molar-refractivity contribution in [3.05, 3.63) is 90.0 Å². The van der Waals surface area contributed by atoms with E-state index in [-0.39, 0.29) is 10.8 Å². The first-order chi connectivity index (χ1) is 13.9. The lowest BCUT2D eigenvalue weighted by molar-refractivity contribution is 0.0950. The molecule has 0 radical (unpaired) electrons. The number of benzene rings is 3. The molecule has 0 aliphatic carbocycles. The molecule has 0 saturated carbocycles. The fourth-order valence-electron chi connectivity index (χ4n) is 2.86. The number of para-hydroxylation sites is 1. The van der Waals surface area contributed by atoms with Crippen LogP contribution >= 0.6 is 0 Å². The van der Waals surface area contributed by atoms with E-state index in [0.29, 0.717) is 23.5 Å². The first kappa shape index (κ1) is 20.4. The molecule has 0 aliphatic rings. The van der Waals surface area contributed by atoms with Crippen molar-refractivity contribution in [2.75, 3.05) is 18.5 Å². The number of ether oxygens (including phenoxy) is 1. The molecule has 0 atom stereocenters. The Morgan fingerprint density at radius 1 is 0.966 bits per heavy atom. The van der Waals surface area contributed by atoms with Gasteiger partial charge in [-0.15, -0.1) is 0 Å². The van der Waals surface area contributed by atoms with Gasteiger partial charge in [0.05, 0.1) is 17.7 Å². The molecule has 0 aliphatic heterocycles. The smallest absolute Gasteiger partial charge is 0.264 e. The van der Waals surface area contributed by atoms with Gasteiger partial charge in [-0.1, -0.05) is 42.5 Å². The van der Waals surface area contributed by atoms with Crippen LogP contribution in [0.15, 0.2) is 83.8 Å². The maximum atomic E-state index is 12.8. The van der Waals surface area contributed by atoms with E-state index in [1.807, 2.05) is 24.3 Å². The number of hydrogen-bond donors (Lipinski definition) is 1. The fourth-order valence-corrected chi connectivity index (χ4v) is 4.07. The summed E-state index contributed by atoms with van der Waals surface area (Å²) in [5, 5.41) is 2.84. The monoisotopic (exact) mass is 410 g/mol. The Hall–Kier alpha value is -3.32. The zero-order valence-electron chi connectivity index (χ0n) is 16.2. The molecule has 3 rings (SSSR count). The van der Waals surface area contributed by atoms with E-state index in [1.54, 1.807) is 49.6 Å². The van der Waals surface area contributed by atoms with Crippen molar-refractivity contribution in [2.24, 2.45) is 0 Å². The van der Waals surface area contributed by atoms with Crippen molar-refractivity contribution in [2.45, 2.75) is 11.4 Å². The maximum Gasteiger partial charge on any atom is 0.264 e. The second-order valence-corrected chi connectivity index (χ2v) is 8.30. The minimum atomic E-state index is -3.71. The van der Waals surface area contributed by atoms with E-state index in [0.717, 1.165) is 5.56 Å². The number of hydrogen-bond acceptors (Lipinski definition) is 4. The van der Waals surface area contributed by atoms with Gasteiger partial charge in [0.2, 0.25) is 0 Å². The van der Waals surface area contributed by atoms with Gasteiger partial charge in [0, 0.05) is 24.7 Å². The molecule has 3 aromatic carbocycles. The molecule has 0 fully saturated rings. The Kier molecular flexibility index (Phi) is 6.19. The highest BCUT2D eigenvalue weighted by Gasteiger charge is 2.21. The molecule has 7 heteroatoms. The molecule has 0 saturated heterocycles. The van der Waals surface area contributed by atoms with Crippen molar-refractivity contribution in [3.63, 3.8) is 0 Å². The second-order valence-electron chi connectivity index (χ2n) is 6.33. The fraction of sp³-hybridized carbons (Fsp3) is 0.136. The highest BCUT2D eigenvalue weighted by molar-refractivity contribution is 7.92. The maximum absolute atomic E-state index is 12.8. The molecule has 0 bridgehead atoms. The molecule has 1 amide bonds. The van der Waals surface area contributed by atoms with E-state index < -0.39 is 10.0 Å². The molecular formula is C22H22N2O4S. The number of rotatable bonds is 7. The molecule has 0 aromatic heterocycles. The van der Waals surface area contributed by atoms with E-state index in [2.05, 4.69) is 5.32 Å². The van der Waals surface area contributed by atoms with E-state index in [4.69, 9.17) is 4.74 Å². The Labute approximate surface area is 170 Å². The first-order valence-electron chi connectivity index (χ1n) is 8.97. The third-order valence-electron chi connectivity index (χ3n) is 4.51. The van der Waals surface area contributed by atoms with Crippen molar-refractivity contribution in [1.82, 2.24) is 5.32 Å². The van der Waals surface area contributed by atoms with Gasteiger partial charge < -0.3 is 10.1 Å². The van der Waals surface area contributed by atoms with Crippen LogP contribution in [0, 0.1) is 0 Å². The van der Waals surface area contributed by atoms with Crippen LogP contribution in [0.25, 0.3) is 0 Å². The summed E-state index contributed by atoms with van der Waals surface area (Å²) in [5.41, 5.74) is 1.62. The van der Waals surface area contributed by atoms with Gasteiger partial charge in [0.15, 0.2) is 0 Å². The third-order valence-corrected chi connectivity index (χ3v) is 6.31. The number of nitrogens with one attached hydrogen (secondary N) is 1. The number of carbonyl (C=O) groups is 1. The zero-order chi connectivity index (χ0) is 20.9. The average molecular weight is 410 g/mol. The van der Waals surface area contributed by atoms with Crippen LogP contribution in [-0.2, 0) is 16.6 Å². The van der Waals surface area contributed by atoms with Crippen LogP contribution in [0.1, 0.15) is 15.9 Å². The van der Waals surface area contributed by atoms with E-state index in [9.17, 15) is 13.2 Å². The predicted octanol–water partition coefficient (Wildman–Crippen LogP) is 3.45. The van der Waals surface area contributed by atoms with Gasteiger partial charge in [-0.25, -0.2) is 8.42 Å². The van der Waals surface area contributed by atoms with Crippen LogP contribution in [0.3, 0.4) is 0 Å². The van der Waals surface area contributed by atoms with Crippen molar-refractivity contribution in [3.8, 4) is 5.75 Å². The topological polar surface area (TPSA) is 75.7 Å². The van der Waals surface area contributed by atoms with Gasteiger partial charge in [-0.2, -0.15) is 0 Å². The lowest BCUT2D eigenvalue weighted by Crippen LogP contribution is -2.27. The zero-order valence-corrected chi connectivity index (χ0v) is 17.0. The normalized spacial score (nSPS) is 11.0. The lowest BCUT2D eigenvalue weighted by atomic mass is 10.1. The van der Waals surface area contributed by atoms with Gasteiger partial charge in [0.1, 0.15) is 5.75 Å². The molecule has 3 aromatic rings. The summed E-state index contributed by atoms with van der Waals surface area (Å²) in [6, 6.07) is 22.1. The molecule has 0 unspecified atom stereocenters. The Bertz CT molecular complexity index is 1100. The van der Waals surface area contributed by atoms with Gasteiger partial charge in [-0.05, 0) is 36.4 Å². The number of amides is 1. The molecule has 29 heavy (non-hydrogen) atoms. The Balaban J connectivity index is 1.77. The first-order valence-corrected chi connectivity index (χ1v) is 10.4. The number of sulfonamides is 1. The molecular weight excluding hydrogens is 388 g/mol. The van der Waals surface area contributed by atoms with Crippen LogP contribution < -0.4 is 14.4 Å². The summed E-state index contributed by atoms with van der Waals surface area (Å²) in [6.07, 6.45) is 0. The Morgan fingerprint density at radius 3 is 2.38 bits per heavy atom. The summed E-state index contributed by atoms with van der Waals surface area (Å²) in [4.78, 5) is 12.8. The van der Waals surface area contributed by atoms with E-state index in [1.165, 1.54) is 23.5 Å². The number of carbonyl (C=O) groups excluding carboxylic acids is 1. The largest absolute Gasteiger partial charge is 0.496 e. The SMILES string of the molecule is COc1ccccc1CNC(=O)c1cccc(N(C)S(=O)(=O)c2ccccc2)c1. The standard InChI is InChI=1S/C22H22N2O4S/c1-24(29(26,27)20-12-4-3-5-13-20)19-11-8-10-17(15-19)22(25)23-16-18-9-6-7-14-21(18)28-2/h3-15H,16H2,1-2H3,(H,23,25). The van der Waals surface area contributed by atoms with Crippen LogP contribution in [0.2, 0.25) is 0 Å². The number of nitrogens with zero attached hydrogens (tertiary/aromatic N) is 1. The second kappa shape index (κ2) is 8.79. The van der Waals surface area contributed by atoms with Crippen molar-refractivity contribution >= 4 is 21.6 Å². The molecule has 1 N–H and O–H groups in total. The van der Waals surface area contributed by atoms with Crippen LogP contribution in [-0.4, -0.2) is 28.5 Å². The highest BCUT2D eigenvalue weighted by Crippen LogP contribution is 2.23. The van der Waals surface area contributed by atoms with Crippen LogP contribution in [0.5, 0.6) is 5.75 Å². The van der Waals surface area contributed by atoms with Gasteiger partial charge in [0.25, 0.3) is 15.9 Å². The summed E-state index contributed by atoms with van der Waals surface area (Å²) in [5.74, 6) is 0.388. The number of anilines is 1. The lowest BCUT2D eigenvalue weighted by Gasteiger charge is -2.20. The average Bonchev–Trinajstić information content (AvgIpc) is 2.77. The molecule has 150 valence electrons. The van der Waals surface area contributed by atoms with Gasteiger partial charge >= 0.3 is 0 Å². The molecule has 0 spiro atoms. The van der Waals surface area contributed by atoms with Crippen molar-refractivity contribution in [1.29, 1.82) is 0 Å². The van der Waals surface area contributed by atoms with Crippen molar-refractivity contribution < 1.29 is 17.9 Å². The Morgan fingerprint density at radius 2 is 1.66 bits per heavy atom. The summed E-state index contributed by atoms with van der Waals surface area (Å²) >= 11 is 0. The summed E-state index contributed by atoms with van der Waals surface area (Å²) in [7, 11) is -0.671. The minimum Gasteiger partial charge on any atom is -0.496 e. The van der Waals surface area contributed by atoms with Crippen LogP contribution in [0.4, 0.5) is 5.69 Å². The third kappa shape index (κ3) is 4.57. The quantitative estimate of drug-likeness (QED) is 0.647. The summed E-state index contributed by atoms with van der Waals surface area (Å²) in [6.45, 7) is 0.297. The van der Waals surface area contributed by atoms with E-state index >= 15 is 0 Å². The van der Waals surface area contributed by atoms with Gasteiger partial charge in [-0.3, -0.25) is 9.10 Å². The predicted molar refractivity (Wildman–Crippen MR) is 113 cm³/mol. The molecule has 6 nitrogen and oxygen atoms in total. The summed E-state index contributed by atoms with van der Waals surface area (Å²) < 4.78 is 32.1. The minimum absolute atomic E-state index is 0.188. The molecule has 0 heterocycles. The highest BCUT2D eigenvalue weighted by atomic mass is 32.2.